The topological polar surface area (TPSA) is 60.6 Å². The summed E-state index contributed by atoms with van der Waals surface area (Å²) >= 11 is 0. The van der Waals surface area contributed by atoms with E-state index in [-0.39, 0.29) is 11.9 Å². The number of carbonyl (C=O) groups is 1. The van der Waals surface area contributed by atoms with Crippen LogP contribution >= 0.6 is 0 Å². The quantitative estimate of drug-likeness (QED) is 0.653. The van der Waals surface area contributed by atoms with E-state index in [4.69, 9.17) is 4.74 Å². The third-order valence-electron chi connectivity index (χ3n) is 6.40. The summed E-state index contributed by atoms with van der Waals surface area (Å²) in [7, 11) is 0. The van der Waals surface area contributed by atoms with Crippen molar-refractivity contribution in [2.24, 2.45) is 0 Å². The van der Waals surface area contributed by atoms with E-state index in [0.717, 1.165) is 56.9 Å². The minimum absolute atomic E-state index is 0.0436. The SMILES string of the molecule is O=C(CN1CCCCC1c1cc2ccccc2[nH]1)Nc1ccc(N2CCOCC2)cc1. The molecule has 2 saturated heterocycles. The number of H-pyrrole nitrogens is 1. The molecule has 2 aliphatic heterocycles. The lowest BCUT2D eigenvalue weighted by molar-refractivity contribution is -0.118. The highest BCUT2D eigenvalue weighted by Gasteiger charge is 2.27. The van der Waals surface area contributed by atoms with Crippen LogP contribution in [-0.4, -0.2) is 55.2 Å². The van der Waals surface area contributed by atoms with Gasteiger partial charge in [0.15, 0.2) is 0 Å². The number of hydrogen-bond acceptors (Lipinski definition) is 4. The molecule has 2 fully saturated rings. The molecule has 3 aromatic rings. The lowest BCUT2D eigenvalue weighted by Gasteiger charge is -2.34. The first-order valence-electron chi connectivity index (χ1n) is 11.3. The van der Waals surface area contributed by atoms with Crippen LogP contribution in [0.3, 0.4) is 0 Å². The first-order valence-corrected chi connectivity index (χ1v) is 11.3. The zero-order valence-electron chi connectivity index (χ0n) is 17.8. The first kappa shape index (κ1) is 20.1. The second-order valence-corrected chi connectivity index (χ2v) is 8.49. The molecule has 5 rings (SSSR count). The maximum atomic E-state index is 12.8. The van der Waals surface area contributed by atoms with Gasteiger partial charge in [-0.05, 0) is 61.2 Å². The fourth-order valence-corrected chi connectivity index (χ4v) is 4.77. The van der Waals surface area contributed by atoms with Crippen molar-refractivity contribution in [3.8, 4) is 0 Å². The lowest BCUT2D eigenvalue weighted by atomic mass is 9.99. The molecule has 0 radical (unpaired) electrons. The minimum Gasteiger partial charge on any atom is -0.378 e. The summed E-state index contributed by atoms with van der Waals surface area (Å²) in [5, 5.41) is 4.31. The second-order valence-electron chi connectivity index (χ2n) is 8.49. The van der Waals surface area contributed by atoms with Gasteiger partial charge in [0.2, 0.25) is 5.91 Å². The third kappa shape index (κ3) is 4.60. The van der Waals surface area contributed by atoms with E-state index in [0.29, 0.717) is 6.54 Å². The van der Waals surface area contributed by atoms with Crippen LogP contribution < -0.4 is 10.2 Å². The van der Waals surface area contributed by atoms with Gasteiger partial charge in [0.25, 0.3) is 0 Å². The van der Waals surface area contributed by atoms with Gasteiger partial charge in [-0.2, -0.15) is 0 Å². The summed E-state index contributed by atoms with van der Waals surface area (Å²) in [5.41, 5.74) is 4.40. The number of rotatable bonds is 5. The Morgan fingerprint density at radius 3 is 2.65 bits per heavy atom. The van der Waals surface area contributed by atoms with Crippen LogP contribution in [0.2, 0.25) is 0 Å². The van der Waals surface area contributed by atoms with Crippen molar-refractivity contribution in [3.05, 3.63) is 60.3 Å². The Labute approximate surface area is 183 Å². The number of aromatic amines is 1. The highest BCUT2D eigenvalue weighted by Crippen LogP contribution is 2.32. The molecule has 0 spiro atoms. The van der Waals surface area contributed by atoms with Crippen molar-refractivity contribution in [3.63, 3.8) is 0 Å². The predicted octanol–water partition coefficient (Wildman–Crippen LogP) is 4.17. The van der Waals surface area contributed by atoms with Gasteiger partial charge >= 0.3 is 0 Å². The number of benzene rings is 2. The fourth-order valence-electron chi connectivity index (χ4n) is 4.77. The van der Waals surface area contributed by atoms with Crippen molar-refractivity contribution >= 4 is 28.2 Å². The van der Waals surface area contributed by atoms with Gasteiger partial charge in [-0.15, -0.1) is 0 Å². The van der Waals surface area contributed by atoms with Crippen molar-refractivity contribution in [2.75, 3.05) is 49.6 Å². The van der Waals surface area contributed by atoms with E-state index in [9.17, 15) is 4.79 Å². The Balaban J connectivity index is 1.23. The molecule has 0 aliphatic carbocycles. The van der Waals surface area contributed by atoms with Crippen molar-refractivity contribution in [1.82, 2.24) is 9.88 Å². The normalized spacial score (nSPS) is 20.1. The first-order chi connectivity index (χ1) is 15.3. The molecule has 0 saturated carbocycles. The van der Waals surface area contributed by atoms with Gasteiger partial charge in [0.05, 0.1) is 25.8 Å². The largest absolute Gasteiger partial charge is 0.378 e. The van der Waals surface area contributed by atoms with Crippen LogP contribution in [0.15, 0.2) is 54.6 Å². The number of ether oxygens (including phenoxy) is 1. The molecular formula is C25H30N4O2. The third-order valence-corrected chi connectivity index (χ3v) is 6.40. The van der Waals surface area contributed by atoms with Crippen molar-refractivity contribution in [1.29, 1.82) is 0 Å². The number of aromatic nitrogens is 1. The smallest absolute Gasteiger partial charge is 0.238 e. The maximum absolute atomic E-state index is 12.8. The molecule has 0 bridgehead atoms. The maximum Gasteiger partial charge on any atom is 0.238 e. The molecule has 2 aromatic carbocycles. The number of nitrogens with zero attached hydrogens (tertiary/aromatic N) is 2. The number of anilines is 2. The highest BCUT2D eigenvalue weighted by atomic mass is 16.5. The van der Waals surface area contributed by atoms with Crippen molar-refractivity contribution < 1.29 is 9.53 Å². The highest BCUT2D eigenvalue weighted by molar-refractivity contribution is 5.92. The van der Waals surface area contributed by atoms with Gasteiger partial charge in [-0.3, -0.25) is 9.69 Å². The lowest BCUT2D eigenvalue weighted by Crippen LogP contribution is -2.39. The van der Waals surface area contributed by atoms with Crippen LogP contribution in [0, 0.1) is 0 Å². The van der Waals surface area contributed by atoms with Crippen LogP contribution in [-0.2, 0) is 9.53 Å². The number of carbonyl (C=O) groups excluding carboxylic acids is 1. The standard InChI is InChI=1S/C25H30N4O2/c30-25(26-20-8-10-21(11-9-20)28-13-15-31-16-14-28)18-29-12-4-3-7-24(29)23-17-19-5-1-2-6-22(19)27-23/h1-2,5-6,8-11,17,24,27H,3-4,7,12-16,18H2,(H,26,30). The second kappa shape index (κ2) is 9.12. The molecule has 162 valence electrons. The van der Waals surface area contributed by atoms with Crippen LogP contribution in [0.25, 0.3) is 10.9 Å². The predicted molar refractivity (Wildman–Crippen MR) is 125 cm³/mol. The molecule has 1 unspecified atom stereocenters. The van der Waals surface area contributed by atoms with Gasteiger partial charge in [-0.1, -0.05) is 24.6 Å². The molecule has 31 heavy (non-hydrogen) atoms. The van der Waals surface area contributed by atoms with E-state index in [2.05, 4.69) is 62.6 Å². The molecule has 2 aliphatic rings. The Bertz CT molecular complexity index is 990. The van der Waals surface area contributed by atoms with Crippen molar-refractivity contribution in [2.45, 2.75) is 25.3 Å². The number of hydrogen-bond donors (Lipinski definition) is 2. The van der Waals surface area contributed by atoms with E-state index < -0.39 is 0 Å². The van der Waals surface area contributed by atoms with Gasteiger partial charge in [0.1, 0.15) is 0 Å². The average molecular weight is 419 g/mol. The molecule has 1 atom stereocenters. The van der Waals surface area contributed by atoms with Crippen LogP contribution in [0.4, 0.5) is 11.4 Å². The van der Waals surface area contributed by atoms with E-state index in [1.54, 1.807) is 0 Å². The number of piperidine rings is 1. The molecule has 1 aromatic heterocycles. The Morgan fingerprint density at radius 2 is 1.84 bits per heavy atom. The van der Waals surface area contributed by atoms with Gasteiger partial charge in [0, 0.05) is 35.7 Å². The Hall–Kier alpha value is -2.83. The van der Waals surface area contributed by atoms with Crippen LogP contribution in [0.1, 0.15) is 31.0 Å². The molecule has 6 nitrogen and oxygen atoms in total. The fraction of sp³-hybridized carbons (Fsp3) is 0.400. The van der Waals surface area contributed by atoms with E-state index >= 15 is 0 Å². The molecule has 6 heteroatoms. The Kier molecular flexibility index (Phi) is 5.91. The number of amides is 1. The average Bonchev–Trinajstić information content (AvgIpc) is 3.25. The molecule has 1 amide bonds. The van der Waals surface area contributed by atoms with Crippen LogP contribution in [0.5, 0.6) is 0 Å². The molecule has 2 N–H and O–H groups in total. The Morgan fingerprint density at radius 1 is 1.03 bits per heavy atom. The number of nitrogens with one attached hydrogen (secondary N) is 2. The molecular weight excluding hydrogens is 388 g/mol. The number of likely N-dealkylation sites (tertiary alicyclic amines) is 1. The summed E-state index contributed by atoms with van der Waals surface area (Å²) in [4.78, 5) is 21.0. The number of morpholine rings is 1. The minimum atomic E-state index is 0.0436. The van der Waals surface area contributed by atoms with Gasteiger partial charge in [-0.25, -0.2) is 0 Å². The summed E-state index contributed by atoms with van der Waals surface area (Å²) in [6.07, 6.45) is 3.41. The zero-order chi connectivity index (χ0) is 21.0. The van der Waals surface area contributed by atoms with E-state index in [1.807, 2.05) is 12.1 Å². The van der Waals surface area contributed by atoms with E-state index in [1.165, 1.54) is 23.2 Å². The molecule has 3 heterocycles. The summed E-state index contributed by atoms with van der Waals surface area (Å²) < 4.78 is 5.42. The van der Waals surface area contributed by atoms with Gasteiger partial charge < -0.3 is 19.9 Å². The zero-order valence-corrected chi connectivity index (χ0v) is 17.8. The summed E-state index contributed by atoms with van der Waals surface area (Å²) in [5.74, 6) is 0.0436. The number of fused-ring (bicyclic) bond motifs is 1. The number of para-hydroxylation sites is 1. The summed E-state index contributed by atoms with van der Waals surface area (Å²) in [6.45, 7) is 4.72. The summed E-state index contributed by atoms with van der Waals surface area (Å²) in [6, 6.07) is 19.0. The monoisotopic (exact) mass is 418 g/mol.